The zero-order valence-corrected chi connectivity index (χ0v) is 11.8. The van der Waals surface area contributed by atoms with Crippen molar-refractivity contribution in [2.45, 2.75) is 26.2 Å². The average molecular weight is 262 g/mol. The van der Waals surface area contributed by atoms with Crippen molar-refractivity contribution in [3.05, 3.63) is 29.8 Å². The van der Waals surface area contributed by atoms with Crippen LogP contribution in [0.3, 0.4) is 0 Å². The third-order valence-corrected chi connectivity index (χ3v) is 3.61. The van der Waals surface area contributed by atoms with Crippen LogP contribution < -0.4 is 11.1 Å². The fourth-order valence-corrected chi connectivity index (χ4v) is 2.19. The summed E-state index contributed by atoms with van der Waals surface area (Å²) in [5, 5.41) is 3.01. The summed E-state index contributed by atoms with van der Waals surface area (Å²) in [6, 6.07) is 7.89. The van der Waals surface area contributed by atoms with Crippen LogP contribution in [0.25, 0.3) is 0 Å². The topological polar surface area (TPSA) is 64.4 Å². The van der Waals surface area contributed by atoms with E-state index in [4.69, 9.17) is 10.5 Å². The quantitative estimate of drug-likeness (QED) is 0.874. The molecule has 104 valence electrons. The van der Waals surface area contributed by atoms with Gasteiger partial charge in [0.05, 0.1) is 13.2 Å². The molecule has 19 heavy (non-hydrogen) atoms. The van der Waals surface area contributed by atoms with E-state index in [1.165, 1.54) is 0 Å². The second-order valence-corrected chi connectivity index (χ2v) is 6.23. The monoisotopic (exact) mass is 262 g/mol. The first-order chi connectivity index (χ1) is 8.89. The van der Waals surface area contributed by atoms with Crippen molar-refractivity contribution in [1.82, 2.24) is 0 Å². The first-order valence-corrected chi connectivity index (χ1v) is 6.58. The second-order valence-electron chi connectivity index (χ2n) is 6.23. The summed E-state index contributed by atoms with van der Waals surface area (Å²) in [4.78, 5) is 12.4. The molecular weight excluding hydrogens is 240 g/mol. The molecule has 1 amide bonds. The molecule has 0 aliphatic carbocycles. The van der Waals surface area contributed by atoms with Gasteiger partial charge in [0.15, 0.2) is 0 Å². The minimum Gasteiger partial charge on any atom is -0.379 e. The molecule has 0 saturated carbocycles. The number of anilines is 1. The van der Waals surface area contributed by atoms with E-state index in [0.29, 0.717) is 19.8 Å². The van der Waals surface area contributed by atoms with Gasteiger partial charge in [-0.05, 0) is 17.0 Å². The molecule has 0 spiro atoms. The lowest BCUT2D eigenvalue weighted by Crippen LogP contribution is -2.56. The van der Waals surface area contributed by atoms with Crippen molar-refractivity contribution >= 4 is 11.6 Å². The molecule has 1 aromatic rings. The first-order valence-electron chi connectivity index (χ1n) is 6.58. The van der Waals surface area contributed by atoms with Crippen LogP contribution in [0.2, 0.25) is 0 Å². The van der Waals surface area contributed by atoms with Gasteiger partial charge in [-0.2, -0.15) is 0 Å². The van der Waals surface area contributed by atoms with Gasteiger partial charge in [0, 0.05) is 12.2 Å². The highest BCUT2D eigenvalue weighted by atomic mass is 16.5. The van der Waals surface area contributed by atoms with Crippen LogP contribution in [-0.4, -0.2) is 25.7 Å². The largest absolute Gasteiger partial charge is 0.379 e. The van der Waals surface area contributed by atoms with Crippen LogP contribution in [-0.2, 0) is 14.9 Å². The van der Waals surface area contributed by atoms with E-state index in [0.717, 1.165) is 11.3 Å². The predicted molar refractivity (Wildman–Crippen MR) is 76.1 cm³/mol. The Morgan fingerprint density at radius 3 is 2.47 bits per heavy atom. The molecule has 0 unspecified atom stereocenters. The van der Waals surface area contributed by atoms with Crippen molar-refractivity contribution < 1.29 is 9.53 Å². The minimum atomic E-state index is -0.551. The molecule has 1 aliphatic heterocycles. The Morgan fingerprint density at radius 2 is 2.00 bits per heavy atom. The number of carbonyl (C=O) groups is 1. The van der Waals surface area contributed by atoms with E-state index < -0.39 is 5.41 Å². The molecule has 2 rings (SSSR count). The number of hydrogen-bond donors (Lipinski definition) is 2. The number of para-hydroxylation sites is 1. The molecule has 1 fully saturated rings. The molecule has 1 aliphatic rings. The second kappa shape index (κ2) is 4.94. The molecular formula is C15H22N2O2. The maximum atomic E-state index is 12.4. The molecule has 1 saturated heterocycles. The van der Waals surface area contributed by atoms with Crippen LogP contribution in [0.4, 0.5) is 5.69 Å². The van der Waals surface area contributed by atoms with Crippen LogP contribution in [0.1, 0.15) is 26.3 Å². The molecule has 0 atom stereocenters. The van der Waals surface area contributed by atoms with Crippen molar-refractivity contribution in [2.24, 2.45) is 11.1 Å². The molecule has 3 N–H and O–H groups in total. The lowest BCUT2D eigenvalue weighted by atomic mass is 9.83. The van der Waals surface area contributed by atoms with Crippen molar-refractivity contribution in [2.75, 3.05) is 25.1 Å². The Hall–Kier alpha value is -1.39. The summed E-state index contributed by atoms with van der Waals surface area (Å²) >= 11 is 0. The Labute approximate surface area is 114 Å². The van der Waals surface area contributed by atoms with Gasteiger partial charge in [-0.1, -0.05) is 39.0 Å². The number of benzene rings is 1. The lowest BCUT2D eigenvalue weighted by molar-refractivity contribution is -0.153. The first kappa shape index (κ1) is 14.0. The average Bonchev–Trinajstić information content (AvgIpc) is 2.27. The van der Waals surface area contributed by atoms with Gasteiger partial charge in [-0.25, -0.2) is 0 Å². The lowest BCUT2D eigenvalue weighted by Gasteiger charge is -2.39. The Kier molecular flexibility index (Phi) is 3.65. The maximum Gasteiger partial charge on any atom is 0.236 e. The zero-order chi connectivity index (χ0) is 14.1. The van der Waals surface area contributed by atoms with E-state index in [1.54, 1.807) is 0 Å². The van der Waals surface area contributed by atoms with E-state index >= 15 is 0 Å². The number of carbonyl (C=O) groups excluding carboxylic acids is 1. The Bertz CT molecular complexity index is 468. The number of hydrogen-bond acceptors (Lipinski definition) is 3. The van der Waals surface area contributed by atoms with Gasteiger partial charge in [-0.15, -0.1) is 0 Å². The summed E-state index contributed by atoms with van der Waals surface area (Å²) in [5.41, 5.74) is 7.12. The smallest absolute Gasteiger partial charge is 0.236 e. The number of rotatable bonds is 3. The van der Waals surface area contributed by atoms with Crippen LogP contribution in [0, 0.1) is 5.41 Å². The van der Waals surface area contributed by atoms with E-state index in [1.807, 2.05) is 24.3 Å². The Balaban J connectivity index is 2.22. The van der Waals surface area contributed by atoms with Gasteiger partial charge in [-0.3, -0.25) is 4.79 Å². The SMILES string of the molecule is CC(C)(C)c1ccccc1NC(=O)C1(CN)COC1. The standard InChI is InChI=1S/C15H22N2O2/c1-14(2,3)11-6-4-5-7-12(11)17-13(18)15(8-16)9-19-10-15/h4-7H,8-10,16H2,1-3H3,(H,17,18). The third kappa shape index (κ3) is 2.65. The normalized spacial score (nSPS) is 17.7. The van der Waals surface area contributed by atoms with Crippen molar-refractivity contribution in [3.8, 4) is 0 Å². The summed E-state index contributed by atoms with van der Waals surface area (Å²) < 4.78 is 5.14. The number of ether oxygens (including phenoxy) is 1. The number of nitrogens with one attached hydrogen (secondary N) is 1. The molecule has 0 bridgehead atoms. The van der Waals surface area contributed by atoms with Gasteiger partial charge in [0.1, 0.15) is 5.41 Å². The summed E-state index contributed by atoms with van der Waals surface area (Å²) in [6.07, 6.45) is 0. The predicted octanol–water partition coefficient (Wildman–Crippen LogP) is 1.90. The number of amides is 1. The van der Waals surface area contributed by atoms with Crippen molar-refractivity contribution in [1.29, 1.82) is 0 Å². The highest BCUT2D eigenvalue weighted by molar-refractivity contribution is 5.97. The summed E-state index contributed by atoms with van der Waals surface area (Å²) in [5.74, 6) is -0.0436. The van der Waals surface area contributed by atoms with Crippen LogP contribution >= 0.6 is 0 Å². The van der Waals surface area contributed by atoms with Gasteiger partial charge in [0.2, 0.25) is 5.91 Å². The molecule has 4 heteroatoms. The highest BCUT2D eigenvalue weighted by Gasteiger charge is 2.45. The van der Waals surface area contributed by atoms with Gasteiger partial charge in [0.25, 0.3) is 0 Å². The zero-order valence-electron chi connectivity index (χ0n) is 11.8. The number of nitrogens with two attached hydrogens (primary N) is 1. The maximum absolute atomic E-state index is 12.4. The van der Waals surface area contributed by atoms with E-state index in [-0.39, 0.29) is 11.3 Å². The van der Waals surface area contributed by atoms with E-state index in [9.17, 15) is 4.79 Å². The van der Waals surface area contributed by atoms with Crippen LogP contribution in [0.15, 0.2) is 24.3 Å². The fourth-order valence-electron chi connectivity index (χ4n) is 2.19. The van der Waals surface area contributed by atoms with E-state index in [2.05, 4.69) is 26.1 Å². The molecule has 1 aromatic carbocycles. The van der Waals surface area contributed by atoms with Gasteiger partial charge < -0.3 is 15.8 Å². The van der Waals surface area contributed by atoms with Crippen LogP contribution in [0.5, 0.6) is 0 Å². The molecule has 0 aromatic heterocycles. The minimum absolute atomic E-state index is 0.0180. The third-order valence-electron chi connectivity index (χ3n) is 3.61. The highest BCUT2D eigenvalue weighted by Crippen LogP contribution is 2.32. The fraction of sp³-hybridized carbons (Fsp3) is 0.533. The van der Waals surface area contributed by atoms with Gasteiger partial charge >= 0.3 is 0 Å². The summed E-state index contributed by atoms with van der Waals surface area (Å²) in [6.45, 7) is 7.52. The Morgan fingerprint density at radius 1 is 1.37 bits per heavy atom. The molecule has 1 heterocycles. The molecule has 0 radical (unpaired) electrons. The molecule has 4 nitrogen and oxygen atoms in total. The summed E-state index contributed by atoms with van der Waals surface area (Å²) in [7, 11) is 0. The van der Waals surface area contributed by atoms with Crippen molar-refractivity contribution in [3.63, 3.8) is 0 Å².